The van der Waals surface area contributed by atoms with Crippen LogP contribution < -0.4 is 0 Å². The third-order valence-corrected chi connectivity index (χ3v) is 3.95. The predicted molar refractivity (Wildman–Crippen MR) is 103 cm³/mol. The van der Waals surface area contributed by atoms with Crippen molar-refractivity contribution < 1.29 is 9.53 Å². The van der Waals surface area contributed by atoms with Gasteiger partial charge in [-0.3, -0.25) is 9.48 Å². The van der Waals surface area contributed by atoms with Crippen molar-refractivity contribution in [3.05, 3.63) is 52.8 Å². The molecule has 0 saturated carbocycles. The molecule has 0 fully saturated rings. The number of rotatable bonds is 8. The summed E-state index contributed by atoms with van der Waals surface area (Å²) >= 11 is 0. The average Bonchev–Trinajstić information content (AvgIpc) is 3.01. The number of nitrogens with zero attached hydrogens (tertiary/aromatic N) is 3. The lowest BCUT2D eigenvalue weighted by atomic mass is 10.1. The van der Waals surface area contributed by atoms with E-state index in [4.69, 9.17) is 10.00 Å². The van der Waals surface area contributed by atoms with Crippen molar-refractivity contribution >= 4 is 5.78 Å². The Labute approximate surface area is 156 Å². The molecule has 0 radical (unpaired) electrons. The van der Waals surface area contributed by atoms with Gasteiger partial charge in [0.15, 0.2) is 5.78 Å². The van der Waals surface area contributed by atoms with Crippen LogP contribution in [0.15, 0.2) is 30.5 Å². The smallest absolute Gasteiger partial charge is 0.163 e. The SMILES string of the molecule is CCCCC.COCc1c(C(C)=O)cnn1Cc1ccc(CC#N)cc1. The van der Waals surface area contributed by atoms with E-state index in [0.717, 1.165) is 16.8 Å². The molecule has 5 nitrogen and oxygen atoms in total. The number of benzene rings is 1. The van der Waals surface area contributed by atoms with Crippen molar-refractivity contribution in [1.82, 2.24) is 9.78 Å². The molecule has 2 rings (SSSR count). The van der Waals surface area contributed by atoms with Gasteiger partial charge < -0.3 is 4.74 Å². The third-order valence-electron chi connectivity index (χ3n) is 3.95. The van der Waals surface area contributed by atoms with Crippen molar-refractivity contribution in [3.8, 4) is 6.07 Å². The highest BCUT2D eigenvalue weighted by atomic mass is 16.5. The molecular weight excluding hydrogens is 326 g/mol. The molecule has 26 heavy (non-hydrogen) atoms. The minimum Gasteiger partial charge on any atom is -0.378 e. The highest BCUT2D eigenvalue weighted by Gasteiger charge is 2.14. The highest BCUT2D eigenvalue weighted by Crippen LogP contribution is 2.14. The van der Waals surface area contributed by atoms with Gasteiger partial charge in [-0.1, -0.05) is 57.4 Å². The van der Waals surface area contributed by atoms with Crippen LogP contribution in [0.4, 0.5) is 0 Å². The first-order valence-electron chi connectivity index (χ1n) is 9.06. The summed E-state index contributed by atoms with van der Waals surface area (Å²) in [6.45, 7) is 6.87. The summed E-state index contributed by atoms with van der Waals surface area (Å²) in [5.41, 5.74) is 3.43. The van der Waals surface area contributed by atoms with Crippen LogP contribution in [0.25, 0.3) is 0 Å². The number of hydrogen-bond donors (Lipinski definition) is 0. The van der Waals surface area contributed by atoms with Gasteiger partial charge in [-0.25, -0.2) is 0 Å². The fraction of sp³-hybridized carbons (Fsp3) is 0.476. The zero-order valence-electron chi connectivity index (χ0n) is 16.3. The first-order chi connectivity index (χ1) is 12.6. The minimum absolute atomic E-state index is 0.0160. The number of nitriles is 1. The summed E-state index contributed by atoms with van der Waals surface area (Å²) < 4.78 is 6.93. The van der Waals surface area contributed by atoms with Gasteiger partial charge in [-0.2, -0.15) is 10.4 Å². The molecule has 0 aliphatic carbocycles. The lowest BCUT2D eigenvalue weighted by molar-refractivity contribution is 0.101. The Kier molecular flexibility index (Phi) is 9.96. The third kappa shape index (κ3) is 6.81. The monoisotopic (exact) mass is 355 g/mol. The van der Waals surface area contributed by atoms with E-state index in [1.807, 2.05) is 24.3 Å². The zero-order chi connectivity index (χ0) is 19.4. The largest absolute Gasteiger partial charge is 0.378 e. The molecule has 0 unspecified atom stereocenters. The molecule has 1 aromatic carbocycles. The summed E-state index contributed by atoms with van der Waals surface area (Å²) in [5.74, 6) is -0.0160. The minimum atomic E-state index is -0.0160. The van der Waals surface area contributed by atoms with Crippen LogP contribution in [-0.2, 0) is 24.3 Å². The fourth-order valence-electron chi connectivity index (χ4n) is 2.51. The van der Waals surface area contributed by atoms with Crippen molar-refractivity contribution in [2.75, 3.05) is 7.11 Å². The van der Waals surface area contributed by atoms with Gasteiger partial charge in [0.1, 0.15) is 0 Å². The van der Waals surface area contributed by atoms with Crippen molar-refractivity contribution in [2.45, 2.75) is 59.6 Å². The molecule has 1 aromatic heterocycles. The van der Waals surface area contributed by atoms with E-state index >= 15 is 0 Å². The molecule has 0 bridgehead atoms. The number of carbonyl (C=O) groups excluding carboxylic acids is 1. The fourth-order valence-corrected chi connectivity index (χ4v) is 2.51. The second-order valence-electron chi connectivity index (χ2n) is 6.16. The number of hydrogen-bond acceptors (Lipinski definition) is 4. The summed E-state index contributed by atoms with van der Waals surface area (Å²) in [5, 5.41) is 12.9. The van der Waals surface area contributed by atoms with Gasteiger partial charge in [-0.05, 0) is 18.1 Å². The standard InChI is InChI=1S/C16H17N3O2.C5H12/c1-12(20)15-9-18-19(16(15)11-21-2)10-14-5-3-13(4-6-14)7-8-17;1-3-5-4-2/h3-6,9H,7,10-11H2,1-2H3;3-5H2,1-2H3. The van der Waals surface area contributed by atoms with Crippen LogP contribution in [0.5, 0.6) is 0 Å². The average molecular weight is 355 g/mol. The lowest BCUT2D eigenvalue weighted by Gasteiger charge is -2.08. The molecule has 0 aliphatic rings. The summed E-state index contributed by atoms with van der Waals surface area (Å²) in [4.78, 5) is 11.6. The van der Waals surface area contributed by atoms with Crippen LogP contribution in [-0.4, -0.2) is 22.7 Å². The maximum absolute atomic E-state index is 11.6. The molecule has 1 heterocycles. The molecule has 0 spiro atoms. The zero-order valence-corrected chi connectivity index (χ0v) is 16.3. The Morgan fingerprint density at radius 1 is 1.19 bits per heavy atom. The van der Waals surface area contributed by atoms with E-state index < -0.39 is 0 Å². The molecule has 0 aliphatic heterocycles. The summed E-state index contributed by atoms with van der Waals surface area (Å²) in [6.07, 6.45) is 6.07. The van der Waals surface area contributed by atoms with Crippen LogP contribution in [0.3, 0.4) is 0 Å². The Morgan fingerprint density at radius 3 is 2.27 bits per heavy atom. The Morgan fingerprint density at radius 2 is 1.81 bits per heavy atom. The van der Waals surface area contributed by atoms with Gasteiger partial charge in [0, 0.05) is 7.11 Å². The van der Waals surface area contributed by atoms with E-state index in [9.17, 15) is 4.79 Å². The number of Topliss-reactive ketones (excluding diaryl/α,β-unsaturated/α-hetero) is 1. The number of unbranched alkanes of at least 4 members (excludes halogenated alkanes) is 2. The normalized spacial score (nSPS) is 9.96. The van der Waals surface area contributed by atoms with Crippen LogP contribution in [0, 0.1) is 11.3 Å². The highest BCUT2D eigenvalue weighted by molar-refractivity contribution is 5.94. The van der Waals surface area contributed by atoms with Crippen LogP contribution in [0.2, 0.25) is 0 Å². The molecular formula is C21H29N3O2. The predicted octanol–water partition coefficient (Wildman–Crippen LogP) is 4.54. The summed E-state index contributed by atoms with van der Waals surface area (Å²) in [6, 6.07) is 9.93. The van der Waals surface area contributed by atoms with Gasteiger partial charge in [0.25, 0.3) is 0 Å². The molecule has 0 amide bonds. The lowest BCUT2D eigenvalue weighted by Crippen LogP contribution is -2.09. The molecule has 5 heteroatoms. The van der Waals surface area contributed by atoms with Crippen molar-refractivity contribution in [2.24, 2.45) is 0 Å². The molecule has 0 saturated heterocycles. The van der Waals surface area contributed by atoms with Crippen molar-refractivity contribution in [3.63, 3.8) is 0 Å². The van der Waals surface area contributed by atoms with Gasteiger partial charge in [0.2, 0.25) is 0 Å². The van der Waals surface area contributed by atoms with Crippen LogP contribution >= 0.6 is 0 Å². The molecule has 0 atom stereocenters. The maximum Gasteiger partial charge on any atom is 0.163 e. The topological polar surface area (TPSA) is 67.9 Å². The van der Waals surface area contributed by atoms with E-state index in [-0.39, 0.29) is 5.78 Å². The Bertz CT molecular complexity index is 710. The second-order valence-corrected chi connectivity index (χ2v) is 6.16. The van der Waals surface area contributed by atoms with E-state index in [2.05, 4.69) is 25.0 Å². The number of carbonyl (C=O) groups is 1. The molecule has 2 aromatic rings. The number of ketones is 1. The van der Waals surface area contributed by atoms with Crippen LogP contribution in [0.1, 0.15) is 67.2 Å². The number of aromatic nitrogens is 2. The molecule has 0 N–H and O–H groups in total. The Hall–Kier alpha value is -2.45. The van der Waals surface area contributed by atoms with Gasteiger partial charge >= 0.3 is 0 Å². The Balaban J connectivity index is 0.000000597. The number of ether oxygens (including phenoxy) is 1. The van der Waals surface area contributed by atoms with Gasteiger partial charge in [-0.15, -0.1) is 0 Å². The molecule has 140 valence electrons. The quantitative estimate of drug-likeness (QED) is 0.652. The van der Waals surface area contributed by atoms with E-state index in [1.165, 1.54) is 26.2 Å². The first kappa shape index (κ1) is 21.6. The number of methoxy groups -OCH3 is 1. The van der Waals surface area contributed by atoms with E-state index in [0.29, 0.717) is 25.1 Å². The second kappa shape index (κ2) is 12.0. The van der Waals surface area contributed by atoms with E-state index in [1.54, 1.807) is 18.0 Å². The maximum atomic E-state index is 11.6. The van der Waals surface area contributed by atoms with Crippen molar-refractivity contribution in [1.29, 1.82) is 5.26 Å². The first-order valence-corrected chi connectivity index (χ1v) is 9.06. The summed E-state index contributed by atoms with van der Waals surface area (Å²) in [7, 11) is 1.60. The van der Waals surface area contributed by atoms with Gasteiger partial charge in [0.05, 0.1) is 43.1 Å².